The normalized spacial score (nSPS) is 10.9. The number of aryl methyl sites for hydroxylation is 1. The molecule has 1 aromatic heterocycles. The third-order valence-corrected chi connectivity index (χ3v) is 4.47. The maximum atomic E-state index is 4.03. The first-order valence-electron chi connectivity index (χ1n) is 3.33. The second-order valence-electron chi connectivity index (χ2n) is 2.47. The van der Waals surface area contributed by atoms with E-state index in [0.29, 0.717) is 0 Å². The lowest BCUT2D eigenvalue weighted by Crippen LogP contribution is -1.90. The Bertz CT molecular complexity index is 435. The van der Waals surface area contributed by atoms with Gasteiger partial charge in [0, 0.05) is 14.2 Å². The van der Waals surface area contributed by atoms with Gasteiger partial charge in [0.1, 0.15) is 5.52 Å². The number of halogens is 2. The quantitative estimate of drug-likeness (QED) is 0.652. The van der Waals surface area contributed by atoms with Gasteiger partial charge in [0.15, 0.2) is 0 Å². The molecular weight excluding hydrogens is 380 g/mol. The van der Waals surface area contributed by atoms with Crippen molar-refractivity contribution in [1.82, 2.24) is 15.0 Å². The molecule has 0 aliphatic rings. The van der Waals surface area contributed by atoms with Crippen LogP contribution in [0.3, 0.4) is 0 Å². The lowest BCUT2D eigenvalue weighted by Gasteiger charge is -1.95. The minimum Gasteiger partial charge on any atom is -0.248 e. The van der Waals surface area contributed by atoms with Gasteiger partial charge >= 0.3 is 0 Å². The molecule has 2 rings (SSSR count). The first kappa shape index (κ1) is 8.67. The van der Waals surface area contributed by atoms with Gasteiger partial charge in [-0.05, 0) is 57.3 Å². The Kier molecular flexibility index (Phi) is 2.23. The molecule has 0 aliphatic carbocycles. The number of benzene rings is 1. The van der Waals surface area contributed by atoms with E-state index < -0.39 is 0 Å². The van der Waals surface area contributed by atoms with Crippen LogP contribution in [-0.2, 0) is 7.05 Å². The second-order valence-corrected chi connectivity index (χ2v) is 4.79. The zero-order valence-corrected chi connectivity index (χ0v) is 10.6. The molecule has 0 amide bonds. The largest absolute Gasteiger partial charge is 0.248 e. The Morgan fingerprint density at radius 3 is 2.67 bits per heavy atom. The first-order valence-corrected chi connectivity index (χ1v) is 5.48. The van der Waals surface area contributed by atoms with E-state index in [1.807, 2.05) is 13.1 Å². The molecule has 0 atom stereocenters. The summed E-state index contributed by atoms with van der Waals surface area (Å²) in [4.78, 5) is 0. The molecule has 0 saturated heterocycles. The smallest absolute Gasteiger partial charge is 0.114 e. The molecule has 12 heavy (non-hydrogen) atoms. The van der Waals surface area contributed by atoms with Crippen molar-refractivity contribution >= 4 is 56.2 Å². The molecule has 0 spiro atoms. The minimum atomic E-state index is 0.960. The fourth-order valence-corrected chi connectivity index (χ4v) is 1.93. The van der Waals surface area contributed by atoms with Crippen molar-refractivity contribution in [2.45, 2.75) is 0 Å². The summed E-state index contributed by atoms with van der Waals surface area (Å²) < 4.78 is 4.25. The third kappa shape index (κ3) is 1.32. The summed E-state index contributed by atoms with van der Waals surface area (Å²) in [5.74, 6) is 0. The Hall–Kier alpha value is 0.0800. The molecule has 62 valence electrons. The van der Waals surface area contributed by atoms with Crippen molar-refractivity contribution < 1.29 is 0 Å². The molecule has 0 bridgehead atoms. The molecule has 0 unspecified atom stereocenters. The predicted octanol–water partition coefficient (Wildman–Crippen LogP) is 2.18. The van der Waals surface area contributed by atoms with Crippen molar-refractivity contribution in [2.24, 2.45) is 7.05 Å². The van der Waals surface area contributed by atoms with Crippen LogP contribution in [0.5, 0.6) is 0 Å². The van der Waals surface area contributed by atoms with Crippen LogP contribution in [0, 0.1) is 7.14 Å². The van der Waals surface area contributed by atoms with Crippen LogP contribution in [0.15, 0.2) is 12.1 Å². The fraction of sp³-hybridized carbons (Fsp3) is 0.143. The van der Waals surface area contributed by atoms with Gasteiger partial charge in [0.2, 0.25) is 0 Å². The van der Waals surface area contributed by atoms with Crippen LogP contribution in [0.4, 0.5) is 0 Å². The highest BCUT2D eigenvalue weighted by Crippen LogP contribution is 2.20. The lowest BCUT2D eigenvalue weighted by molar-refractivity contribution is 0.736. The number of rotatable bonds is 0. The highest BCUT2D eigenvalue weighted by atomic mass is 127. The second kappa shape index (κ2) is 3.09. The maximum absolute atomic E-state index is 4.03. The minimum absolute atomic E-state index is 0.960. The zero-order chi connectivity index (χ0) is 8.72. The Balaban J connectivity index is 2.87. The van der Waals surface area contributed by atoms with Gasteiger partial charge in [-0.15, -0.1) is 5.10 Å². The van der Waals surface area contributed by atoms with Gasteiger partial charge < -0.3 is 0 Å². The fourth-order valence-electron chi connectivity index (χ4n) is 1.03. The molecule has 0 radical (unpaired) electrons. The summed E-state index contributed by atoms with van der Waals surface area (Å²) in [5, 5.41) is 7.96. The maximum Gasteiger partial charge on any atom is 0.114 e. The lowest BCUT2D eigenvalue weighted by atomic mass is 10.3. The van der Waals surface area contributed by atoms with E-state index in [4.69, 9.17) is 0 Å². The van der Waals surface area contributed by atoms with Crippen LogP contribution in [-0.4, -0.2) is 15.0 Å². The molecule has 0 fully saturated rings. The van der Waals surface area contributed by atoms with E-state index in [2.05, 4.69) is 61.6 Å². The molecule has 0 saturated carbocycles. The van der Waals surface area contributed by atoms with Crippen LogP contribution in [0.25, 0.3) is 11.0 Å². The number of aromatic nitrogens is 3. The number of fused-ring (bicyclic) bond motifs is 1. The molecule has 2 aromatic rings. The molecule has 0 aliphatic heterocycles. The Morgan fingerprint density at radius 1 is 1.25 bits per heavy atom. The average molecular weight is 385 g/mol. The SMILES string of the molecule is Cn1nnc2cc(I)c(I)cc21. The van der Waals surface area contributed by atoms with Gasteiger partial charge in [-0.1, -0.05) is 5.21 Å². The molecular formula is C7H5I2N3. The monoisotopic (exact) mass is 385 g/mol. The number of hydrogen-bond donors (Lipinski definition) is 0. The van der Waals surface area contributed by atoms with Crippen molar-refractivity contribution in [3.63, 3.8) is 0 Å². The van der Waals surface area contributed by atoms with Crippen molar-refractivity contribution in [3.05, 3.63) is 19.3 Å². The summed E-state index contributed by atoms with van der Waals surface area (Å²) in [7, 11) is 1.90. The molecule has 0 N–H and O–H groups in total. The molecule has 3 nitrogen and oxygen atoms in total. The number of nitrogens with zero attached hydrogens (tertiary/aromatic N) is 3. The summed E-state index contributed by atoms with van der Waals surface area (Å²) >= 11 is 4.61. The van der Waals surface area contributed by atoms with E-state index in [-0.39, 0.29) is 0 Å². The van der Waals surface area contributed by atoms with E-state index in [1.165, 1.54) is 7.14 Å². The third-order valence-electron chi connectivity index (χ3n) is 1.65. The van der Waals surface area contributed by atoms with Gasteiger partial charge in [0.25, 0.3) is 0 Å². The topological polar surface area (TPSA) is 30.7 Å². The Labute approximate surface area is 96.8 Å². The summed E-state index contributed by atoms with van der Waals surface area (Å²) in [6, 6.07) is 4.14. The van der Waals surface area contributed by atoms with Crippen LogP contribution in [0.1, 0.15) is 0 Å². The van der Waals surface area contributed by atoms with Crippen molar-refractivity contribution in [2.75, 3.05) is 0 Å². The van der Waals surface area contributed by atoms with Gasteiger partial charge in [0.05, 0.1) is 5.52 Å². The summed E-state index contributed by atoms with van der Waals surface area (Å²) in [6.45, 7) is 0. The van der Waals surface area contributed by atoms with Gasteiger partial charge in [-0.25, -0.2) is 4.68 Å². The number of hydrogen-bond acceptors (Lipinski definition) is 2. The van der Waals surface area contributed by atoms with E-state index in [9.17, 15) is 0 Å². The predicted molar refractivity (Wildman–Crippen MR) is 63.9 cm³/mol. The van der Waals surface area contributed by atoms with E-state index in [0.717, 1.165) is 11.0 Å². The summed E-state index contributed by atoms with van der Waals surface area (Å²) in [5.41, 5.74) is 2.04. The van der Waals surface area contributed by atoms with E-state index in [1.54, 1.807) is 4.68 Å². The van der Waals surface area contributed by atoms with E-state index >= 15 is 0 Å². The first-order chi connectivity index (χ1) is 5.68. The molecule has 1 heterocycles. The van der Waals surface area contributed by atoms with Crippen LogP contribution < -0.4 is 0 Å². The highest BCUT2D eigenvalue weighted by Gasteiger charge is 2.04. The van der Waals surface area contributed by atoms with Crippen molar-refractivity contribution in [3.8, 4) is 0 Å². The molecule has 1 aromatic carbocycles. The van der Waals surface area contributed by atoms with Crippen LogP contribution in [0.2, 0.25) is 0 Å². The molecule has 5 heteroatoms. The standard InChI is InChI=1S/C7H5I2N3/c1-12-7-3-5(9)4(8)2-6(7)10-11-12/h2-3H,1H3. The zero-order valence-electron chi connectivity index (χ0n) is 6.25. The van der Waals surface area contributed by atoms with Gasteiger partial charge in [-0.2, -0.15) is 0 Å². The Morgan fingerprint density at radius 2 is 1.92 bits per heavy atom. The van der Waals surface area contributed by atoms with Crippen molar-refractivity contribution in [1.29, 1.82) is 0 Å². The average Bonchev–Trinajstić information content (AvgIpc) is 2.35. The van der Waals surface area contributed by atoms with Crippen LogP contribution >= 0.6 is 45.2 Å². The van der Waals surface area contributed by atoms with Gasteiger partial charge in [-0.3, -0.25) is 0 Å². The highest BCUT2D eigenvalue weighted by molar-refractivity contribution is 14.1. The summed E-state index contributed by atoms with van der Waals surface area (Å²) in [6.07, 6.45) is 0.